The van der Waals surface area contributed by atoms with Crippen molar-refractivity contribution in [2.24, 2.45) is 0 Å². The van der Waals surface area contributed by atoms with Crippen molar-refractivity contribution in [3.63, 3.8) is 0 Å². The van der Waals surface area contributed by atoms with E-state index in [4.69, 9.17) is 5.73 Å². The zero-order chi connectivity index (χ0) is 13.7. The molecule has 19 heavy (non-hydrogen) atoms. The zero-order valence-electron chi connectivity index (χ0n) is 11.6. The third-order valence-electron chi connectivity index (χ3n) is 3.66. The van der Waals surface area contributed by atoms with Crippen LogP contribution in [0.5, 0.6) is 0 Å². The minimum absolute atomic E-state index is 0.00508. The average molecular weight is 261 g/mol. The first kappa shape index (κ1) is 13.9. The second-order valence-corrected chi connectivity index (χ2v) is 5.23. The van der Waals surface area contributed by atoms with Crippen LogP contribution in [0, 0.1) is 6.92 Å². The van der Waals surface area contributed by atoms with Crippen LogP contribution in [0.4, 0.5) is 5.69 Å². The van der Waals surface area contributed by atoms with Gasteiger partial charge >= 0.3 is 0 Å². The number of nitrogens with two attached hydrogens (primary N) is 1. The summed E-state index contributed by atoms with van der Waals surface area (Å²) in [7, 11) is 0. The highest BCUT2D eigenvalue weighted by Crippen LogP contribution is 2.12. The number of piperidine rings is 1. The van der Waals surface area contributed by atoms with Crippen molar-refractivity contribution in [1.82, 2.24) is 10.2 Å². The average Bonchev–Trinajstić information content (AvgIpc) is 2.39. The van der Waals surface area contributed by atoms with Crippen LogP contribution in [-0.4, -0.2) is 37.0 Å². The Hall–Kier alpha value is -1.55. The number of nitrogens with one attached hydrogen (secondary N) is 1. The quantitative estimate of drug-likeness (QED) is 0.812. The standard InChI is InChI=1S/C15H23N3O/c1-12-11-13(16)5-6-14(12)15(19)17-7-10-18-8-3-2-4-9-18/h5-6,11H,2-4,7-10,16H2,1H3,(H,17,19). The predicted octanol–water partition coefficient (Wildman–Crippen LogP) is 1.79. The van der Waals surface area contributed by atoms with Crippen molar-refractivity contribution in [1.29, 1.82) is 0 Å². The number of rotatable bonds is 4. The molecule has 1 aromatic carbocycles. The molecule has 0 aliphatic carbocycles. The molecule has 0 unspecified atom stereocenters. The molecule has 1 fully saturated rings. The Balaban J connectivity index is 1.80. The lowest BCUT2D eigenvalue weighted by molar-refractivity contribution is 0.0946. The SMILES string of the molecule is Cc1cc(N)ccc1C(=O)NCCN1CCCCC1. The summed E-state index contributed by atoms with van der Waals surface area (Å²) in [5.74, 6) is -0.00508. The van der Waals surface area contributed by atoms with E-state index in [2.05, 4.69) is 10.2 Å². The van der Waals surface area contributed by atoms with Crippen molar-refractivity contribution in [3.05, 3.63) is 29.3 Å². The van der Waals surface area contributed by atoms with Crippen molar-refractivity contribution >= 4 is 11.6 Å². The molecule has 0 aromatic heterocycles. The van der Waals surface area contributed by atoms with Crippen LogP contribution in [0.25, 0.3) is 0 Å². The van der Waals surface area contributed by atoms with E-state index < -0.39 is 0 Å². The van der Waals surface area contributed by atoms with Crippen LogP contribution in [0.1, 0.15) is 35.2 Å². The molecule has 1 saturated heterocycles. The van der Waals surface area contributed by atoms with Gasteiger partial charge in [0.25, 0.3) is 5.91 Å². The largest absolute Gasteiger partial charge is 0.399 e. The van der Waals surface area contributed by atoms with E-state index >= 15 is 0 Å². The summed E-state index contributed by atoms with van der Waals surface area (Å²) in [6, 6.07) is 5.40. The molecule has 104 valence electrons. The van der Waals surface area contributed by atoms with Crippen LogP contribution < -0.4 is 11.1 Å². The van der Waals surface area contributed by atoms with Crippen molar-refractivity contribution < 1.29 is 4.79 Å². The molecule has 4 heteroatoms. The highest BCUT2D eigenvalue weighted by Gasteiger charge is 2.11. The monoisotopic (exact) mass is 261 g/mol. The van der Waals surface area contributed by atoms with Gasteiger partial charge in [-0.15, -0.1) is 0 Å². The Kier molecular flexibility index (Phi) is 4.80. The summed E-state index contributed by atoms with van der Waals surface area (Å²) in [6.45, 7) is 5.89. The van der Waals surface area contributed by atoms with E-state index in [9.17, 15) is 4.79 Å². The van der Waals surface area contributed by atoms with Crippen LogP contribution in [0.15, 0.2) is 18.2 Å². The lowest BCUT2D eigenvalue weighted by atomic mass is 10.1. The van der Waals surface area contributed by atoms with E-state index in [-0.39, 0.29) is 5.91 Å². The number of amides is 1. The highest BCUT2D eigenvalue weighted by atomic mass is 16.1. The first-order chi connectivity index (χ1) is 9.16. The molecule has 0 atom stereocenters. The Morgan fingerprint density at radius 2 is 2.05 bits per heavy atom. The number of benzene rings is 1. The molecule has 1 aromatic rings. The van der Waals surface area contributed by atoms with Gasteiger partial charge in [0.2, 0.25) is 0 Å². The maximum atomic E-state index is 12.0. The number of anilines is 1. The number of nitrogens with zero attached hydrogens (tertiary/aromatic N) is 1. The molecule has 0 bridgehead atoms. The van der Waals surface area contributed by atoms with E-state index in [1.54, 1.807) is 12.1 Å². The third kappa shape index (κ3) is 3.96. The molecule has 1 aliphatic rings. The summed E-state index contributed by atoms with van der Waals surface area (Å²) in [5.41, 5.74) is 8.03. The van der Waals surface area contributed by atoms with Crippen molar-refractivity contribution in [2.75, 3.05) is 31.9 Å². The lowest BCUT2D eigenvalue weighted by Crippen LogP contribution is -2.37. The molecule has 1 aliphatic heterocycles. The fraction of sp³-hybridized carbons (Fsp3) is 0.533. The predicted molar refractivity (Wildman–Crippen MR) is 78.2 cm³/mol. The van der Waals surface area contributed by atoms with Gasteiger partial charge < -0.3 is 16.0 Å². The van der Waals surface area contributed by atoms with Crippen LogP contribution in [0.3, 0.4) is 0 Å². The zero-order valence-corrected chi connectivity index (χ0v) is 11.6. The van der Waals surface area contributed by atoms with Crippen LogP contribution in [-0.2, 0) is 0 Å². The third-order valence-corrected chi connectivity index (χ3v) is 3.66. The molecule has 3 N–H and O–H groups in total. The summed E-state index contributed by atoms with van der Waals surface area (Å²) in [6.07, 6.45) is 3.91. The Morgan fingerprint density at radius 3 is 2.74 bits per heavy atom. The Morgan fingerprint density at radius 1 is 1.32 bits per heavy atom. The first-order valence-electron chi connectivity index (χ1n) is 7.03. The Labute approximate surface area is 115 Å². The minimum atomic E-state index is -0.00508. The number of nitrogen functional groups attached to an aromatic ring is 1. The molecule has 4 nitrogen and oxygen atoms in total. The van der Waals surface area contributed by atoms with Gasteiger partial charge in [-0.05, 0) is 56.6 Å². The molecule has 0 radical (unpaired) electrons. The maximum Gasteiger partial charge on any atom is 0.251 e. The number of hydrogen-bond acceptors (Lipinski definition) is 3. The van der Waals surface area contributed by atoms with Gasteiger partial charge in [0.15, 0.2) is 0 Å². The van der Waals surface area contributed by atoms with Gasteiger partial charge in [-0.3, -0.25) is 4.79 Å². The smallest absolute Gasteiger partial charge is 0.251 e. The van der Waals surface area contributed by atoms with E-state index in [1.165, 1.54) is 19.3 Å². The van der Waals surface area contributed by atoms with Crippen molar-refractivity contribution in [2.45, 2.75) is 26.2 Å². The van der Waals surface area contributed by atoms with Gasteiger partial charge in [0, 0.05) is 24.3 Å². The second kappa shape index (κ2) is 6.57. The summed E-state index contributed by atoms with van der Waals surface area (Å²) >= 11 is 0. The van der Waals surface area contributed by atoms with Gasteiger partial charge in [-0.1, -0.05) is 6.42 Å². The van der Waals surface area contributed by atoms with Crippen LogP contribution in [0.2, 0.25) is 0 Å². The van der Waals surface area contributed by atoms with E-state index in [0.29, 0.717) is 17.8 Å². The molecule has 0 spiro atoms. The second-order valence-electron chi connectivity index (χ2n) is 5.23. The first-order valence-corrected chi connectivity index (χ1v) is 7.03. The summed E-state index contributed by atoms with van der Waals surface area (Å²) in [5, 5.41) is 2.99. The number of aryl methyl sites for hydroxylation is 1. The fourth-order valence-corrected chi connectivity index (χ4v) is 2.55. The van der Waals surface area contributed by atoms with Gasteiger partial charge in [-0.25, -0.2) is 0 Å². The Bertz CT molecular complexity index is 439. The number of likely N-dealkylation sites (tertiary alicyclic amines) is 1. The maximum absolute atomic E-state index is 12.0. The minimum Gasteiger partial charge on any atom is -0.399 e. The van der Waals surface area contributed by atoms with E-state index in [0.717, 1.165) is 25.2 Å². The lowest BCUT2D eigenvalue weighted by Gasteiger charge is -2.26. The van der Waals surface area contributed by atoms with Gasteiger partial charge in [0.1, 0.15) is 0 Å². The van der Waals surface area contributed by atoms with Gasteiger partial charge in [-0.2, -0.15) is 0 Å². The molecular formula is C15H23N3O. The highest BCUT2D eigenvalue weighted by molar-refractivity contribution is 5.95. The fourth-order valence-electron chi connectivity index (χ4n) is 2.55. The molecule has 2 rings (SSSR count). The molecule has 1 heterocycles. The molecule has 0 saturated carbocycles. The summed E-state index contributed by atoms with van der Waals surface area (Å²) in [4.78, 5) is 14.5. The number of carbonyl (C=O) groups excluding carboxylic acids is 1. The molecular weight excluding hydrogens is 238 g/mol. The molecule has 1 amide bonds. The normalized spacial score (nSPS) is 16.3. The van der Waals surface area contributed by atoms with Crippen molar-refractivity contribution in [3.8, 4) is 0 Å². The number of carbonyl (C=O) groups is 1. The van der Waals surface area contributed by atoms with Gasteiger partial charge in [0.05, 0.1) is 0 Å². The van der Waals surface area contributed by atoms with E-state index in [1.807, 2.05) is 13.0 Å². The van der Waals surface area contributed by atoms with Crippen LogP contribution >= 0.6 is 0 Å². The summed E-state index contributed by atoms with van der Waals surface area (Å²) < 4.78 is 0. The number of hydrogen-bond donors (Lipinski definition) is 2. The topological polar surface area (TPSA) is 58.4 Å².